The van der Waals surface area contributed by atoms with Gasteiger partial charge in [0.2, 0.25) is 11.8 Å². The Kier molecular flexibility index (Phi) is 4.62. The van der Waals surface area contributed by atoms with Crippen LogP contribution in [-0.2, 0) is 0 Å². The molecule has 5 heteroatoms. The molecule has 6 rings (SSSR count). The topological polar surface area (TPSA) is 69.1 Å². The molecule has 0 spiro atoms. The summed E-state index contributed by atoms with van der Waals surface area (Å²) in [4.78, 5) is 22.2. The van der Waals surface area contributed by atoms with E-state index in [2.05, 4.69) is 9.97 Å². The number of hydrogen-bond acceptors (Lipinski definition) is 5. The van der Waals surface area contributed by atoms with Gasteiger partial charge >= 0.3 is 0 Å². The number of aromatic nitrogens is 2. The zero-order valence-corrected chi connectivity index (χ0v) is 18.7. The zero-order chi connectivity index (χ0) is 23.2. The highest BCUT2D eigenvalue weighted by Crippen LogP contribution is 2.27. The summed E-state index contributed by atoms with van der Waals surface area (Å²) < 4.78 is 11.7. The standard InChI is InChI=1S/C29H20N2O3/c1-17-3-13-25-23(15-17)30-28(33-25)21-9-5-19(6-10-21)27(32)20-7-11-22(12-8-20)29-31-24-16-18(2)4-14-26(24)34-29/h3-16H,1-2H3. The van der Waals surface area contributed by atoms with Crippen LogP contribution in [-0.4, -0.2) is 15.8 Å². The van der Waals surface area contributed by atoms with Gasteiger partial charge in [0, 0.05) is 22.3 Å². The summed E-state index contributed by atoms with van der Waals surface area (Å²) in [5.74, 6) is 1.02. The average molecular weight is 444 g/mol. The van der Waals surface area contributed by atoms with E-state index in [0.29, 0.717) is 22.9 Å². The van der Waals surface area contributed by atoms with Crippen LogP contribution in [0.15, 0.2) is 93.8 Å². The van der Waals surface area contributed by atoms with Gasteiger partial charge in [0.05, 0.1) is 0 Å². The lowest BCUT2D eigenvalue weighted by molar-refractivity contribution is 0.103. The Morgan fingerprint density at radius 1 is 0.588 bits per heavy atom. The Morgan fingerprint density at radius 3 is 1.41 bits per heavy atom. The highest BCUT2D eigenvalue weighted by Gasteiger charge is 2.14. The van der Waals surface area contributed by atoms with E-state index < -0.39 is 0 Å². The monoisotopic (exact) mass is 444 g/mol. The third kappa shape index (κ3) is 3.57. The Balaban J connectivity index is 1.24. The molecule has 34 heavy (non-hydrogen) atoms. The molecule has 0 unspecified atom stereocenters. The zero-order valence-electron chi connectivity index (χ0n) is 18.7. The van der Waals surface area contributed by atoms with Gasteiger partial charge in [0.25, 0.3) is 0 Å². The normalized spacial score (nSPS) is 11.4. The van der Waals surface area contributed by atoms with E-state index in [1.165, 1.54) is 0 Å². The quantitative estimate of drug-likeness (QED) is 0.270. The van der Waals surface area contributed by atoms with Crippen LogP contribution < -0.4 is 0 Å². The van der Waals surface area contributed by atoms with E-state index in [-0.39, 0.29) is 5.78 Å². The summed E-state index contributed by atoms with van der Waals surface area (Å²) in [5, 5.41) is 0. The minimum absolute atomic E-state index is 0.0560. The van der Waals surface area contributed by atoms with Crippen LogP contribution in [0.2, 0.25) is 0 Å². The number of hydrogen-bond donors (Lipinski definition) is 0. The van der Waals surface area contributed by atoms with Crippen molar-refractivity contribution in [1.82, 2.24) is 9.97 Å². The molecule has 0 aliphatic carbocycles. The first-order valence-corrected chi connectivity index (χ1v) is 11.0. The van der Waals surface area contributed by atoms with Gasteiger partial charge in [-0.15, -0.1) is 0 Å². The van der Waals surface area contributed by atoms with Gasteiger partial charge in [0.1, 0.15) is 11.0 Å². The predicted molar refractivity (Wildman–Crippen MR) is 132 cm³/mol. The SMILES string of the molecule is Cc1ccc2oc(-c3ccc(C(=O)c4ccc(-c5nc6cc(C)ccc6o5)cc4)cc3)nc2c1. The van der Waals surface area contributed by atoms with Crippen molar-refractivity contribution in [2.45, 2.75) is 13.8 Å². The fraction of sp³-hybridized carbons (Fsp3) is 0.0690. The maximum absolute atomic E-state index is 13.0. The van der Waals surface area contributed by atoms with E-state index in [4.69, 9.17) is 8.83 Å². The van der Waals surface area contributed by atoms with Gasteiger partial charge in [0.15, 0.2) is 16.9 Å². The van der Waals surface area contributed by atoms with E-state index in [0.717, 1.165) is 44.5 Å². The number of oxazole rings is 2. The van der Waals surface area contributed by atoms with Crippen LogP contribution in [0, 0.1) is 13.8 Å². The van der Waals surface area contributed by atoms with E-state index in [9.17, 15) is 4.79 Å². The fourth-order valence-corrected chi connectivity index (χ4v) is 4.02. The van der Waals surface area contributed by atoms with Crippen LogP contribution in [0.25, 0.3) is 45.1 Å². The van der Waals surface area contributed by atoms with Crippen LogP contribution >= 0.6 is 0 Å². The van der Waals surface area contributed by atoms with E-state index >= 15 is 0 Å². The van der Waals surface area contributed by atoms with Gasteiger partial charge in [-0.3, -0.25) is 4.79 Å². The predicted octanol–water partition coefficient (Wildman–Crippen LogP) is 7.15. The van der Waals surface area contributed by atoms with Crippen molar-refractivity contribution in [3.05, 3.63) is 107 Å². The molecule has 0 aliphatic heterocycles. The van der Waals surface area contributed by atoms with Gasteiger partial charge in [-0.1, -0.05) is 36.4 Å². The Labute approximate surface area is 195 Å². The summed E-state index contributed by atoms with van der Waals surface area (Å²) in [6, 6.07) is 26.5. The smallest absolute Gasteiger partial charge is 0.227 e. The second-order valence-electron chi connectivity index (χ2n) is 8.46. The maximum Gasteiger partial charge on any atom is 0.227 e. The van der Waals surface area contributed by atoms with Crippen molar-refractivity contribution >= 4 is 28.0 Å². The Hall–Kier alpha value is -4.51. The van der Waals surface area contributed by atoms with Crippen molar-refractivity contribution in [3.8, 4) is 22.9 Å². The highest BCUT2D eigenvalue weighted by molar-refractivity contribution is 6.09. The average Bonchev–Trinajstić information content (AvgIpc) is 3.47. The summed E-state index contributed by atoms with van der Waals surface area (Å²) in [6.07, 6.45) is 0. The number of carbonyl (C=O) groups is 1. The molecule has 0 atom stereocenters. The molecule has 0 aliphatic rings. The van der Waals surface area contributed by atoms with E-state index in [1.54, 1.807) is 24.3 Å². The van der Waals surface area contributed by atoms with Crippen LogP contribution in [0.5, 0.6) is 0 Å². The first-order valence-electron chi connectivity index (χ1n) is 11.0. The number of nitrogens with zero attached hydrogens (tertiary/aromatic N) is 2. The number of carbonyl (C=O) groups excluding carboxylic acids is 1. The van der Waals surface area contributed by atoms with Crippen molar-refractivity contribution in [2.75, 3.05) is 0 Å². The summed E-state index contributed by atoms with van der Waals surface area (Å²) in [7, 11) is 0. The maximum atomic E-state index is 13.0. The molecule has 2 aromatic heterocycles. The molecule has 0 amide bonds. The van der Waals surface area contributed by atoms with Gasteiger partial charge in [-0.05, 0) is 73.5 Å². The van der Waals surface area contributed by atoms with Gasteiger partial charge in [-0.2, -0.15) is 0 Å². The molecule has 5 nitrogen and oxygen atoms in total. The molecule has 4 aromatic carbocycles. The summed E-state index contributed by atoms with van der Waals surface area (Å²) in [6.45, 7) is 4.05. The minimum atomic E-state index is -0.0560. The number of benzene rings is 4. The molecule has 2 heterocycles. The number of rotatable bonds is 4. The highest BCUT2D eigenvalue weighted by atomic mass is 16.4. The van der Waals surface area contributed by atoms with Crippen LogP contribution in [0.1, 0.15) is 27.0 Å². The molecule has 0 N–H and O–H groups in total. The molecule has 6 aromatic rings. The molecule has 0 bridgehead atoms. The molecular weight excluding hydrogens is 424 g/mol. The minimum Gasteiger partial charge on any atom is -0.436 e. The van der Waals surface area contributed by atoms with Crippen molar-refractivity contribution in [1.29, 1.82) is 0 Å². The fourth-order valence-electron chi connectivity index (χ4n) is 4.02. The first-order chi connectivity index (χ1) is 16.5. The Morgan fingerprint density at radius 2 is 1.00 bits per heavy atom. The van der Waals surface area contributed by atoms with Gasteiger partial charge in [-0.25, -0.2) is 9.97 Å². The molecule has 0 radical (unpaired) electrons. The van der Waals surface area contributed by atoms with Crippen molar-refractivity contribution in [2.24, 2.45) is 0 Å². The second kappa shape index (κ2) is 7.81. The first kappa shape index (κ1) is 20.1. The lowest BCUT2D eigenvalue weighted by atomic mass is 10.0. The van der Waals surface area contributed by atoms with Crippen molar-refractivity contribution in [3.63, 3.8) is 0 Å². The molecular formula is C29H20N2O3. The second-order valence-corrected chi connectivity index (χ2v) is 8.46. The van der Waals surface area contributed by atoms with E-state index in [1.807, 2.05) is 74.5 Å². The molecule has 0 fully saturated rings. The number of ketones is 1. The van der Waals surface area contributed by atoms with Crippen LogP contribution in [0.4, 0.5) is 0 Å². The number of fused-ring (bicyclic) bond motifs is 2. The molecule has 0 saturated heterocycles. The van der Waals surface area contributed by atoms with Crippen LogP contribution in [0.3, 0.4) is 0 Å². The molecule has 0 saturated carbocycles. The third-order valence-corrected chi connectivity index (χ3v) is 5.87. The van der Waals surface area contributed by atoms with Crippen molar-refractivity contribution < 1.29 is 13.6 Å². The largest absolute Gasteiger partial charge is 0.436 e. The number of aryl methyl sites for hydroxylation is 2. The lowest BCUT2D eigenvalue weighted by Crippen LogP contribution is -2.01. The lowest BCUT2D eigenvalue weighted by Gasteiger charge is -2.03. The summed E-state index contributed by atoms with van der Waals surface area (Å²) >= 11 is 0. The van der Waals surface area contributed by atoms with Gasteiger partial charge < -0.3 is 8.83 Å². The summed E-state index contributed by atoms with van der Waals surface area (Å²) in [5.41, 5.74) is 8.25. The third-order valence-electron chi connectivity index (χ3n) is 5.87. The molecule has 164 valence electrons. The Bertz CT molecular complexity index is 1550.